The number of allylic oxidation sites excluding steroid dienone is 1. The van der Waals surface area contributed by atoms with Gasteiger partial charge in [0.2, 0.25) is 0 Å². The van der Waals surface area contributed by atoms with Gasteiger partial charge < -0.3 is 9.57 Å². The number of hydrogen-bond acceptors (Lipinski definition) is 5. The minimum atomic E-state index is -0.552. The Hall–Kier alpha value is -2.87. The molecule has 1 aliphatic rings. The molecular formula is C23H27NO4. The Morgan fingerprint density at radius 1 is 1.32 bits per heavy atom. The molecule has 0 aromatic heterocycles. The molecule has 0 radical (unpaired) electrons. The zero-order chi connectivity index (χ0) is 20.7. The maximum atomic E-state index is 12.7. The average molecular weight is 381 g/mol. The van der Waals surface area contributed by atoms with Crippen LogP contribution >= 0.6 is 0 Å². The van der Waals surface area contributed by atoms with Gasteiger partial charge in [-0.15, -0.1) is 6.42 Å². The first-order chi connectivity index (χ1) is 13.3. The topological polar surface area (TPSA) is 65.0 Å². The first-order valence-corrected chi connectivity index (χ1v) is 9.43. The Bertz CT molecular complexity index is 825. The highest BCUT2D eigenvalue weighted by atomic mass is 16.6. The normalized spacial score (nSPS) is 18.8. The van der Waals surface area contributed by atoms with Crippen LogP contribution in [0, 0.1) is 24.7 Å². The standard InChI is InChI=1S/C23H27NO4/c1-6-8-19(24-27-13-7-2)18-14-21(23(4,5)15-20(18)25)28-22(26)17-11-9-16(3)10-12-17/h2,9-12,14,21H,6,8,13,15H2,1,3-5H3. The number of aryl methyl sites for hydroxylation is 1. The fourth-order valence-electron chi connectivity index (χ4n) is 3.02. The van der Waals surface area contributed by atoms with Crippen molar-refractivity contribution in [1.82, 2.24) is 0 Å². The lowest BCUT2D eigenvalue weighted by Crippen LogP contribution is -2.40. The third-order valence-corrected chi connectivity index (χ3v) is 4.65. The van der Waals surface area contributed by atoms with E-state index < -0.39 is 17.5 Å². The molecule has 0 saturated heterocycles. The van der Waals surface area contributed by atoms with Crippen molar-refractivity contribution in [3.05, 3.63) is 47.0 Å². The summed E-state index contributed by atoms with van der Waals surface area (Å²) in [6, 6.07) is 7.20. The third-order valence-electron chi connectivity index (χ3n) is 4.65. The number of carbonyl (C=O) groups excluding carboxylic acids is 2. The molecule has 1 aliphatic carbocycles. The molecule has 1 aromatic rings. The van der Waals surface area contributed by atoms with Crippen LogP contribution in [-0.2, 0) is 14.4 Å². The minimum Gasteiger partial charge on any atom is -0.454 e. The lowest BCUT2D eigenvalue weighted by Gasteiger charge is -2.35. The van der Waals surface area contributed by atoms with Gasteiger partial charge in [-0.05, 0) is 31.6 Å². The van der Waals surface area contributed by atoms with Crippen molar-refractivity contribution in [3.63, 3.8) is 0 Å². The number of esters is 1. The number of carbonyl (C=O) groups is 2. The fourth-order valence-corrected chi connectivity index (χ4v) is 3.02. The summed E-state index contributed by atoms with van der Waals surface area (Å²) < 4.78 is 5.77. The second-order valence-corrected chi connectivity index (χ2v) is 7.63. The predicted octanol–water partition coefficient (Wildman–Crippen LogP) is 4.25. The first-order valence-electron chi connectivity index (χ1n) is 9.43. The first kappa shape index (κ1) is 21.4. The van der Waals surface area contributed by atoms with Crippen LogP contribution in [-0.4, -0.2) is 30.2 Å². The number of hydrogen-bond donors (Lipinski definition) is 0. The molecular weight excluding hydrogens is 354 g/mol. The molecule has 148 valence electrons. The molecule has 0 N–H and O–H groups in total. The molecule has 0 spiro atoms. The van der Waals surface area contributed by atoms with Gasteiger partial charge in [0.05, 0.1) is 11.3 Å². The van der Waals surface area contributed by atoms with Gasteiger partial charge in [0.1, 0.15) is 6.10 Å². The summed E-state index contributed by atoms with van der Waals surface area (Å²) in [6.07, 6.45) is 7.95. The van der Waals surface area contributed by atoms with E-state index in [9.17, 15) is 9.59 Å². The van der Waals surface area contributed by atoms with Crippen LogP contribution in [0.4, 0.5) is 0 Å². The molecule has 0 amide bonds. The molecule has 1 atom stereocenters. The average Bonchev–Trinajstić information content (AvgIpc) is 2.63. The number of Topliss-reactive ketones (excluding diaryl/α,β-unsaturated/α-hetero) is 1. The summed E-state index contributed by atoms with van der Waals surface area (Å²) in [4.78, 5) is 30.4. The fraction of sp³-hybridized carbons (Fsp3) is 0.435. The third kappa shape index (κ3) is 5.32. The van der Waals surface area contributed by atoms with E-state index in [1.807, 2.05) is 39.8 Å². The zero-order valence-corrected chi connectivity index (χ0v) is 17.0. The van der Waals surface area contributed by atoms with Crippen LogP contribution in [0.5, 0.6) is 0 Å². The van der Waals surface area contributed by atoms with Crippen molar-refractivity contribution in [2.75, 3.05) is 6.61 Å². The van der Waals surface area contributed by atoms with Crippen molar-refractivity contribution in [2.24, 2.45) is 10.6 Å². The lowest BCUT2D eigenvalue weighted by molar-refractivity contribution is -0.119. The SMILES string of the molecule is C#CCON=C(CCC)C1=CC(OC(=O)c2ccc(C)cc2)C(C)(C)CC1=O. The molecule has 5 heteroatoms. The van der Waals surface area contributed by atoms with E-state index >= 15 is 0 Å². The maximum Gasteiger partial charge on any atom is 0.338 e. The van der Waals surface area contributed by atoms with Crippen molar-refractivity contribution in [1.29, 1.82) is 0 Å². The summed E-state index contributed by atoms with van der Waals surface area (Å²) in [6.45, 7) is 7.81. The van der Waals surface area contributed by atoms with Gasteiger partial charge in [0.15, 0.2) is 12.4 Å². The monoisotopic (exact) mass is 381 g/mol. The van der Waals surface area contributed by atoms with Crippen LogP contribution in [0.25, 0.3) is 0 Å². The van der Waals surface area contributed by atoms with E-state index in [0.717, 1.165) is 12.0 Å². The minimum absolute atomic E-state index is 0.0337. The van der Waals surface area contributed by atoms with Crippen LogP contribution in [0.2, 0.25) is 0 Å². The maximum absolute atomic E-state index is 12.7. The van der Waals surface area contributed by atoms with Gasteiger partial charge in [0.25, 0.3) is 0 Å². The van der Waals surface area contributed by atoms with Crippen molar-refractivity contribution in [2.45, 2.75) is 53.1 Å². The van der Waals surface area contributed by atoms with Gasteiger partial charge in [0, 0.05) is 17.4 Å². The molecule has 0 saturated carbocycles. The van der Waals surface area contributed by atoms with Crippen LogP contribution in [0.15, 0.2) is 41.1 Å². The highest BCUT2D eigenvalue weighted by molar-refractivity contribution is 6.22. The van der Waals surface area contributed by atoms with E-state index in [-0.39, 0.29) is 18.8 Å². The molecule has 2 rings (SSSR count). The van der Waals surface area contributed by atoms with Gasteiger partial charge >= 0.3 is 5.97 Å². The molecule has 5 nitrogen and oxygen atoms in total. The van der Waals surface area contributed by atoms with Gasteiger partial charge in [-0.1, -0.05) is 56.0 Å². The van der Waals surface area contributed by atoms with Gasteiger partial charge in [-0.3, -0.25) is 4.79 Å². The van der Waals surface area contributed by atoms with Crippen LogP contribution < -0.4 is 0 Å². The summed E-state index contributed by atoms with van der Waals surface area (Å²) in [5.74, 6) is 1.89. The van der Waals surface area contributed by atoms with E-state index in [2.05, 4.69) is 11.1 Å². The predicted molar refractivity (Wildman–Crippen MR) is 109 cm³/mol. The highest BCUT2D eigenvalue weighted by Crippen LogP contribution is 2.36. The Kier molecular flexibility index (Phi) is 7.17. The van der Waals surface area contributed by atoms with Crippen molar-refractivity contribution < 1.29 is 19.2 Å². The van der Waals surface area contributed by atoms with E-state index in [4.69, 9.17) is 16.0 Å². The van der Waals surface area contributed by atoms with E-state index in [1.165, 1.54) is 0 Å². The summed E-state index contributed by atoms with van der Waals surface area (Å²) >= 11 is 0. The van der Waals surface area contributed by atoms with E-state index in [1.54, 1.807) is 18.2 Å². The Morgan fingerprint density at radius 2 is 2.00 bits per heavy atom. The largest absolute Gasteiger partial charge is 0.454 e. The number of terminal acetylenes is 1. The van der Waals surface area contributed by atoms with Crippen molar-refractivity contribution in [3.8, 4) is 12.3 Å². The second-order valence-electron chi connectivity index (χ2n) is 7.63. The summed E-state index contributed by atoms with van der Waals surface area (Å²) in [7, 11) is 0. The number of ether oxygens (including phenoxy) is 1. The number of nitrogens with zero attached hydrogens (tertiary/aromatic N) is 1. The number of oxime groups is 1. The van der Waals surface area contributed by atoms with Gasteiger partial charge in [-0.2, -0.15) is 0 Å². The molecule has 1 unspecified atom stereocenters. The number of ketones is 1. The lowest BCUT2D eigenvalue weighted by atomic mass is 9.74. The smallest absolute Gasteiger partial charge is 0.338 e. The quantitative estimate of drug-likeness (QED) is 0.233. The van der Waals surface area contributed by atoms with Crippen LogP contribution in [0.3, 0.4) is 0 Å². The summed E-state index contributed by atoms with van der Waals surface area (Å²) in [5.41, 5.74) is 2.01. The van der Waals surface area contributed by atoms with E-state index in [0.29, 0.717) is 23.3 Å². The molecule has 28 heavy (non-hydrogen) atoms. The second kappa shape index (κ2) is 9.36. The summed E-state index contributed by atoms with van der Waals surface area (Å²) in [5, 5.41) is 4.05. The zero-order valence-electron chi connectivity index (χ0n) is 17.0. The van der Waals surface area contributed by atoms with Crippen LogP contribution in [0.1, 0.15) is 56.0 Å². The van der Waals surface area contributed by atoms with Crippen molar-refractivity contribution >= 4 is 17.5 Å². The Balaban J connectivity index is 2.31. The molecule has 0 aliphatic heterocycles. The molecule has 0 heterocycles. The molecule has 0 fully saturated rings. The molecule has 1 aromatic carbocycles. The highest BCUT2D eigenvalue weighted by Gasteiger charge is 2.40. The number of benzene rings is 1. The molecule has 0 bridgehead atoms. The van der Waals surface area contributed by atoms with Gasteiger partial charge in [-0.25, -0.2) is 4.79 Å². The Labute approximate surface area is 166 Å². The Morgan fingerprint density at radius 3 is 2.61 bits per heavy atom. The number of rotatable bonds is 7.